The van der Waals surface area contributed by atoms with Crippen LogP contribution in [0.3, 0.4) is 0 Å². The Hall–Kier alpha value is 0.210. The molecule has 3 heteroatoms. The van der Waals surface area contributed by atoms with Gasteiger partial charge in [0.15, 0.2) is 0 Å². The Kier molecular flexibility index (Phi) is 3.84. The van der Waals surface area contributed by atoms with Gasteiger partial charge < -0.3 is 10.6 Å². The first-order valence-electron chi connectivity index (χ1n) is 5.60. The zero-order valence-corrected chi connectivity index (χ0v) is 10.1. The molecule has 1 aliphatic heterocycles. The van der Waals surface area contributed by atoms with Crippen LogP contribution >= 0.6 is 12.4 Å². The summed E-state index contributed by atoms with van der Waals surface area (Å²) in [5, 5.41) is 0. The van der Waals surface area contributed by atoms with Crippen LogP contribution in [0.2, 0.25) is 0 Å². The average Bonchev–Trinajstić information content (AvgIpc) is 2.00. The molecule has 1 aliphatic carbocycles. The van der Waals surface area contributed by atoms with Crippen molar-refractivity contribution < 1.29 is 0 Å². The quantitative estimate of drug-likeness (QED) is 0.730. The molecule has 2 nitrogen and oxygen atoms in total. The van der Waals surface area contributed by atoms with E-state index in [1.807, 2.05) is 0 Å². The molecule has 1 saturated heterocycles. The van der Waals surface area contributed by atoms with Gasteiger partial charge in [-0.05, 0) is 38.5 Å². The third-order valence-electron chi connectivity index (χ3n) is 3.81. The minimum Gasteiger partial charge on any atom is -0.325 e. The highest BCUT2D eigenvalue weighted by Gasteiger charge is 2.34. The largest absolute Gasteiger partial charge is 0.325 e. The SMILES string of the molecule is CC1CC(N2CCC(C)(N)CC2)C1.Cl. The van der Waals surface area contributed by atoms with Gasteiger partial charge in [0.05, 0.1) is 0 Å². The highest BCUT2D eigenvalue weighted by atomic mass is 35.5. The molecule has 0 bridgehead atoms. The van der Waals surface area contributed by atoms with Crippen molar-refractivity contribution in [3.63, 3.8) is 0 Å². The summed E-state index contributed by atoms with van der Waals surface area (Å²) in [5.41, 5.74) is 6.22. The van der Waals surface area contributed by atoms with Crippen LogP contribution in [0.15, 0.2) is 0 Å². The topological polar surface area (TPSA) is 29.3 Å². The van der Waals surface area contributed by atoms with E-state index in [1.165, 1.54) is 38.8 Å². The van der Waals surface area contributed by atoms with Crippen LogP contribution in [0.1, 0.15) is 39.5 Å². The molecule has 2 aliphatic rings. The minimum atomic E-state index is 0. The minimum absolute atomic E-state index is 0. The normalized spacial score (nSPS) is 37.1. The Balaban J connectivity index is 0.000000980. The van der Waals surface area contributed by atoms with Crippen molar-refractivity contribution in [3.8, 4) is 0 Å². The molecule has 0 aromatic carbocycles. The number of nitrogens with zero attached hydrogens (tertiary/aromatic N) is 1. The predicted octanol–water partition coefficient (Wildman–Crippen LogP) is 2.02. The number of hydrogen-bond acceptors (Lipinski definition) is 2. The van der Waals surface area contributed by atoms with Crippen molar-refractivity contribution in [2.75, 3.05) is 13.1 Å². The van der Waals surface area contributed by atoms with Crippen molar-refractivity contribution in [1.82, 2.24) is 4.90 Å². The third-order valence-corrected chi connectivity index (χ3v) is 3.81. The fourth-order valence-electron chi connectivity index (χ4n) is 2.56. The lowest BCUT2D eigenvalue weighted by Crippen LogP contribution is -2.53. The monoisotopic (exact) mass is 218 g/mol. The summed E-state index contributed by atoms with van der Waals surface area (Å²) in [4.78, 5) is 2.65. The van der Waals surface area contributed by atoms with Crippen LogP contribution in [0, 0.1) is 5.92 Å². The van der Waals surface area contributed by atoms with Crippen LogP contribution < -0.4 is 5.73 Å². The standard InChI is InChI=1S/C11H22N2.ClH/c1-9-7-10(8-9)13-5-3-11(2,12)4-6-13;/h9-10H,3-8,12H2,1-2H3;1H. The summed E-state index contributed by atoms with van der Waals surface area (Å²) in [6.45, 7) is 7.00. The molecule has 0 amide bonds. The molecule has 0 spiro atoms. The molecule has 2 fully saturated rings. The second kappa shape index (κ2) is 4.38. The van der Waals surface area contributed by atoms with Gasteiger partial charge in [0, 0.05) is 24.7 Å². The number of likely N-dealkylation sites (tertiary alicyclic amines) is 1. The summed E-state index contributed by atoms with van der Waals surface area (Å²) in [7, 11) is 0. The van der Waals surface area contributed by atoms with Crippen LogP contribution in [0.5, 0.6) is 0 Å². The zero-order valence-electron chi connectivity index (χ0n) is 9.33. The average molecular weight is 219 g/mol. The first-order chi connectivity index (χ1) is 6.07. The number of hydrogen-bond donors (Lipinski definition) is 1. The van der Waals surface area contributed by atoms with Crippen molar-refractivity contribution in [3.05, 3.63) is 0 Å². The molecular weight excluding hydrogens is 196 g/mol. The van der Waals surface area contributed by atoms with Crippen molar-refractivity contribution in [2.45, 2.75) is 51.1 Å². The Bertz CT molecular complexity index is 178. The van der Waals surface area contributed by atoms with Gasteiger partial charge in [-0.2, -0.15) is 0 Å². The molecule has 0 aromatic heterocycles. The first kappa shape index (κ1) is 12.3. The van der Waals surface area contributed by atoms with Crippen LogP contribution in [0.25, 0.3) is 0 Å². The Labute approximate surface area is 93.6 Å². The van der Waals surface area contributed by atoms with Gasteiger partial charge in [-0.1, -0.05) is 6.92 Å². The van der Waals surface area contributed by atoms with Gasteiger partial charge >= 0.3 is 0 Å². The fourth-order valence-corrected chi connectivity index (χ4v) is 2.56. The van der Waals surface area contributed by atoms with E-state index < -0.39 is 0 Å². The summed E-state index contributed by atoms with van der Waals surface area (Å²) >= 11 is 0. The van der Waals surface area contributed by atoms with Gasteiger partial charge in [0.1, 0.15) is 0 Å². The number of piperidine rings is 1. The van der Waals surface area contributed by atoms with E-state index >= 15 is 0 Å². The van der Waals surface area contributed by atoms with Crippen molar-refractivity contribution in [2.24, 2.45) is 11.7 Å². The van der Waals surface area contributed by atoms with Gasteiger partial charge in [-0.15, -0.1) is 12.4 Å². The first-order valence-corrected chi connectivity index (χ1v) is 5.60. The molecule has 2 N–H and O–H groups in total. The Morgan fingerprint density at radius 1 is 1.21 bits per heavy atom. The van der Waals surface area contributed by atoms with Crippen LogP contribution in [-0.4, -0.2) is 29.6 Å². The Morgan fingerprint density at radius 2 is 1.71 bits per heavy atom. The smallest absolute Gasteiger partial charge is 0.0150 e. The van der Waals surface area contributed by atoms with E-state index in [9.17, 15) is 0 Å². The summed E-state index contributed by atoms with van der Waals surface area (Å²) in [5.74, 6) is 0.969. The highest BCUT2D eigenvalue weighted by Crippen LogP contribution is 2.33. The van der Waals surface area contributed by atoms with E-state index in [1.54, 1.807) is 0 Å². The van der Waals surface area contributed by atoms with E-state index in [4.69, 9.17) is 5.73 Å². The zero-order chi connectivity index (χ0) is 9.47. The number of halogens is 1. The molecule has 1 saturated carbocycles. The van der Waals surface area contributed by atoms with Gasteiger partial charge in [0.25, 0.3) is 0 Å². The molecule has 2 rings (SSSR count). The van der Waals surface area contributed by atoms with Crippen molar-refractivity contribution in [1.29, 1.82) is 0 Å². The second-order valence-electron chi connectivity index (χ2n) is 5.42. The fraction of sp³-hybridized carbons (Fsp3) is 1.00. The lowest BCUT2D eigenvalue weighted by molar-refractivity contribution is 0.0508. The molecule has 0 aromatic rings. The molecule has 84 valence electrons. The summed E-state index contributed by atoms with van der Waals surface area (Å²) in [6, 6.07) is 0.895. The maximum atomic E-state index is 6.10. The van der Waals surface area contributed by atoms with Crippen LogP contribution in [-0.2, 0) is 0 Å². The van der Waals surface area contributed by atoms with Crippen molar-refractivity contribution >= 4 is 12.4 Å². The van der Waals surface area contributed by atoms with E-state index in [2.05, 4.69) is 18.7 Å². The number of nitrogens with two attached hydrogens (primary N) is 1. The van der Waals surface area contributed by atoms with Crippen LogP contribution in [0.4, 0.5) is 0 Å². The third kappa shape index (κ3) is 2.62. The second-order valence-corrected chi connectivity index (χ2v) is 5.42. The maximum absolute atomic E-state index is 6.10. The van der Waals surface area contributed by atoms with E-state index in [0.29, 0.717) is 0 Å². The lowest BCUT2D eigenvalue weighted by Gasteiger charge is -2.46. The molecule has 14 heavy (non-hydrogen) atoms. The predicted molar refractivity (Wildman–Crippen MR) is 62.8 cm³/mol. The summed E-state index contributed by atoms with van der Waals surface area (Å²) in [6.07, 6.45) is 5.19. The molecule has 0 atom stereocenters. The van der Waals surface area contributed by atoms with E-state index in [0.717, 1.165) is 12.0 Å². The maximum Gasteiger partial charge on any atom is 0.0150 e. The molecule has 0 radical (unpaired) electrons. The van der Waals surface area contributed by atoms with Gasteiger partial charge in [-0.3, -0.25) is 0 Å². The molecule has 0 unspecified atom stereocenters. The molecule has 1 heterocycles. The van der Waals surface area contributed by atoms with Gasteiger partial charge in [-0.25, -0.2) is 0 Å². The lowest BCUT2D eigenvalue weighted by atomic mass is 9.79. The van der Waals surface area contributed by atoms with E-state index in [-0.39, 0.29) is 17.9 Å². The van der Waals surface area contributed by atoms with Gasteiger partial charge in [0.2, 0.25) is 0 Å². The summed E-state index contributed by atoms with van der Waals surface area (Å²) < 4.78 is 0. The Morgan fingerprint density at radius 3 is 2.14 bits per heavy atom. The number of rotatable bonds is 1. The highest BCUT2D eigenvalue weighted by molar-refractivity contribution is 5.85. The molecular formula is C11H23ClN2.